The summed E-state index contributed by atoms with van der Waals surface area (Å²) in [4.78, 5) is 12.2. The lowest BCUT2D eigenvalue weighted by Crippen LogP contribution is -2.27. The Morgan fingerprint density at radius 2 is 1.27 bits per heavy atom. The maximum absolute atomic E-state index is 12.2. The molecule has 0 saturated carbocycles. The second-order valence-corrected chi connectivity index (χ2v) is 10.4. The van der Waals surface area contributed by atoms with E-state index in [1.54, 1.807) is 0 Å². The van der Waals surface area contributed by atoms with Gasteiger partial charge in [-0.3, -0.25) is 4.79 Å². The Bertz CT molecular complexity index is 914. The molecule has 2 rings (SSSR count). The first-order valence-corrected chi connectivity index (χ1v) is 10.8. The molecule has 0 atom stereocenters. The summed E-state index contributed by atoms with van der Waals surface area (Å²) in [5, 5.41) is 0. The van der Waals surface area contributed by atoms with Crippen LogP contribution in [0.25, 0.3) is 0 Å². The highest BCUT2D eigenvalue weighted by molar-refractivity contribution is 5.78. The van der Waals surface area contributed by atoms with Gasteiger partial charge in [0, 0.05) is 5.41 Å². The van der Waals surface area contributed by atoms with E-state index in [1.165, 1.54) is 11.1 Å². The maximum Gasteiger partial charge on any atom is 0.316 e. The monoisotopic (exact) mass is 410 g/mol. The number of carbonyl (C=O) groups excluding carboxylic acids is 1. The van der Waals surface area contributed by atoms with Crippen molar-refractivity contribution in [2.45, 2.75) is 86.7 Å². The summed E-state index contributed by atoms with van der Waals surface area (Å²) < 4.78 is 11.8. The minimum atomic E-state index is -0.530. The standard InChI is InChI=1S/C27H38O3/c1-11-26(7,8)30-23-15-13-21(17-19(23)3)27(9,10)20-12-14-22(18(2)16-20)29-24(28)25(4,5)6/h12-17H,11H2,1-10H3. The van der Waals surface area contributed by atoms with Crippen molar-refractivity contribution in [3.63, 3.8) is 0 Å². The fourth-order valence-corrected chi connectivity index (χ4v) is 3.09. The second-order valence-electron chi connectivity index (χ2n) is 10.4. The molecule has 3 heteroatoms. The first-order valence-electron chi connectivity index (χ1n) is 10.8. The summed E-state index contributed by atoms with van der Waals surface area (Å²) in [6, 6.07) is 12.5. The average Bonchev–Trinajstić information content (AvgIpc) is 2.63. The molecule has 3 nitrogen and oxygen atoms in total. The molecule has 30 heavy (non-hydrogen) atoms. The molecule has 0 radical (unpaired) electrons. The van der Waals surface area contributed by atoms with Crippen molar-refractivity contribution in [3.05, 3.63) is 58.7 Å². The van der Waals surface area contributed by atoms with Gasteiger partial charge in [-0.2, -0.15) is 0 Å². The van der Waals surface area contributed by atoms with E-state index in [9.17, 15) is 4.79 Å². The SMILES string of the molecule is CCC(C)(C)Oc1ccc(C(C)(C)c2ccc(OC(=O)C(C)(C)C)c(C)c2)cc1C. The lowest BCUT2D eigenvalue weighted by Gasteiger charge is -2.30. The van der Waals surface area contributed by atoms with Crippen LogP contribution in [-0.4, -0.2) is 11.6 Å². The zero-order chi connectivity index (χ0) is 22.9. The van der Waals surface area contributed by atoms with E-state index in [1.807, 2.05) is 33.8 Å². The third-order valence-corrected chi connectivity index (χ3v) is 5.85. The maximum atomic E-state index is 12.2. The third kappa shape index (κ3) is 5.44. The van der Waals surface area contributed by atoms with Gasteiger partial charge >= 0.3 is 5.97 Å². The summed E-state index contributed by atoms with van der Waals surface area (Å²) in [6.07, 6.45) is 0.950. The molecule has 0 fully saturated rings. The fourth-order valence-electron chi connectivity index (χ4n) is 3.09. The van der Waals surface area contributed by atoms with Gasteiger partial charge in [-0.1, -0.05) is 45.0 Å². The van der Waals surface area contributed by atoms with E-state index >= 15 is 0 Å². The van der Waals surface area contributed by atoms with E-state index in [0.717, 1.165) is 23.3 Å². The molecule has 0 aliphatic carbocycles. The third-order valence-electron chi connectivity index (χ3n) is 5.85. The highest BCUT2D eigenvalue weighted by Crippen LogP contribution is 2.37. The van der Waals surface area contributed by atoms with Crippen molar-refractivity contribution in [2.75, 3.05) is 0 Å². The van der Waals surface area contributed by atoms with Gasteiger partial charge in [0.05, 0.1) is 5.41 Å². The van der Waals surface area contributed by atoms with Crippen LogP contribution in [0.15, 0.2) is 36.4 Å². The van der Waals surface area contributed by atoms with Gasteiger partial charge in [-0.15, -0.1) is 0 Å². The van der Waals surface area contributed by atoms with E-state index in [0.29, 0.717) is 5.75 Å². The van der Waals surface area contributed by atoms with Crippen LogP contribution in [0.5, 0.6) is 11.5 Å². The van der Waals surface area contributed by atoms with E-state index in [-0.39, 0.29) is 17.0 Å². The number of carbonyl (C=O) groups is 1. The Balaban J connectivity index is 2.32. The van der Waals surface area contributed by atoms with Crippen molar-refractivity contribution in [1.29, 1.82) is 0 Å². The Hall–Kier alpha value is -2.29. The molecule has 164 valence electrons. The van der Waals surface area contributed by atoms with E-state index < -0.39 is 5.41 Å². The van der Waals surface area contributed by atoms with Crippen LogP contribution in [0, 0.1) is 19.3 Å². The molecule has 0 heterocycles. The molecule has 0 saturated heterocycles. The van der Waals surface area contributed by atoms with Crippen LogP contribution in [0.2, 0.25) is 0 Å². The normalized spacial score (nSPS) is 12.6. The minimum absolute atomic E-state index is 0.181. The molecule has 0 aliphatic heterocycles. The molecule has 0 aliphatic rings. The van der Waals surface area contributed by atoms with Crippen molar-refractivity contribution < 1.29 is 14.3 Å². The van der Waals surface area contributed by atoms with E-state index in [2.05, 4.69) is 71.9 Å². The van der Waals surface area contributed by atoms with Crippen molar-refractivity contribution in [1.82, 2.24) is 0 Å². The highest BCUT2D eigenvalue weighted by Gasteiger charge is 2.27. The molecule has 0 N–H and O–H groups in total. The molecule has 0 amide bonds. The van der Waals surface area contributed by atoms with Crippen LogP contribution in [0.3, 0.4) is 0 Å². The minimum Gasteiger partial charge on any atom is -0.488 e. The lowest BCUT2D eigenvalue weighted by molar-refractivity contribution is -0.143. The number of ether oxygens (including phenoxy) is 2. The predicted molar refractivity (Wildman–Crippen MR) is 125 cm³/mol. The average molecular weight is 411 g/mol. The zero-order valence-corrected chi connectivity index (χ0v) is 20.4. The van der Waals surface area contributed by atoms with Gasteiger partial charge in [0.2, 0.25) is 0 Å². The van der Waals surface area contributed by atoms with Gasteiger partial charge in [0.1, 0.15) is 17.1 Å². The van der Waals surface area contributed by atoms with E-state index in [4.69, 9.17) is 9.47 Å². The first-order chi connectivity index (χ1) is 13.7. The topological polar surface area (TPSA) is 35.5 Å². The van der Waals surface area contributed by atoms with Crippen LogP contribution < -0.4 is 9.47 Å². The van der Waals surface area contributed by atoms with Crippen molar-refractivity contribution >= 4 is 5.97 Å². The highest BCUT2D eigenvalue weighted by atomic mass is 16.5. The smallest absolute Gasteiger partial charge is 0.316 e. The number of hydrogen-bond acceptors (Lipinski definition) is 3. The van der Waals surface area contributed by atoms with Gasteiger partial charge in [-0.05, 0) is 89.3 Å². The summed E-state index contributed by atoms with van der Waals surface area (Å²) >= 11 is 0. The molecule has 2 aromatic carbocycles. The van der Waals surface area contributed by atoms with Crippen molar-refractivity contribution in [2.24, 2.45) is 5.41 Å². The lowest BCUT2D eigenvalue weighted by atomic mass is 9.77. The zero-order valence-electron chi connectivity index (χ0n) is 20.4. The van der Waals surface area contributed by atoms with Crippen LogP contribution in [0.4, 0.5) is 0 Å². The molecular formula is C27H38O3. The molecular weight excluding hydrogens is 372 g/mol. The van der Waals surface area contributed by atoms with Gasteiger partial charge in [0.15, 0.2) is 0 Å². The van der Waals surface area contributed by atoms with Crippen LogP contribution in [0.1, 0.15) is 84.1 Å². The summed E-state index contributed by atoms with van der Waals surface area (Å²) in [7, 11) is 0. The Labute approximate surface area is 182 Å². The molecule has 0 spiro atoms. The second kappa shape index (κ2) is 8.45. The van der Waals surface area contributed by atoms with Crippen molar-refractivity contribution in [3.8, 4) is 11.5 Å². The van der Waals surface area contributed by atoms with Gasteiger partial charge < -0.3 is 9.47 Å². The summed E-state index contributed by atoms with van der Waals surface area (Å²) in [5.41, 5.74) is 3.59. The van der Waals surface area contributed by atoms with Crippen LogP contribution in [-0.2, 0) is 10.2 Å². The molecule has 0 aromatic heterocycles. The van der Waals surface area contributed by atoms with Gasteiger partial charge in [0.25, 0.3) is 0 Å². The number of benzene rings is 2. The predicted octanol–water partition coefficient (Wildman–Crippen LogP) is 7.15. The number of rotatable bonds is 6. The first kappa shape index (κ1) is 24.0. The summed E-state index contributed by atoms with van der Waals surface area (Å²) in [6.45, 7) is 20.5. The quantitative estimate of drug-likeness (QED) is 0.375. The summed E-state index contributed by atoms with van der Waals surface area (Å²) in [5.74, 6) is 1.33. The Morgan fingerprint density at radius 1 is 0.800 bits per heavy atom. The number of hydrogen-bond donors (Lipinski definition) is 0. The fraction of sp³-hybridized carbons (Fsp3) is 0.519. The molecule has 0 bridgehead atoms. The van der Waals surface area contributed by atoms with Gasteiger partial charge in [-0.25, -0.2) is 0 Å². The largest absolute Gasteiger partial charge is 0.488 e. The number of aryl methyl sites for hydroxylation is 2. The molecule has 2 aromatic rings. The molecule has 0 unspecified atom stereocenters. The Morgan fingerprint density at radius 3 is 1.67 bits per heavy atom. The number of esters is 1. The van der Waals surface area contributed by atoms with Crippen LogP contribution >= 0.6 is 0 Å². The Kier molecular flexibility index (Phi) is 6.76.